The van der Waals surface area contributed by atoms with Crippen LogP contribution in [0.1, 0.15) is 13.3 Å². The zero-order valence-corrected chi connectivity index (χ0v) is 14.3. The molecule has 2 atom stereocenters. The van der Waals surface area contributed by atoms with Crippen molar-refractivity contribution in [2.75, 3.05) is 11.1 Å². The highest BCUT2D eigenvalue weighted by Gasteiger charge is 2.40. The van der Waals surface area contributed by atoms with Crippen LogP contribution in [0.15, 0.2) is 22.7 Å². The molecule has 2 unspecified atom stereocenters. The van der Waals surface area contributed by atoms with E-state index in [4.69, 9.17) is 11.6 Å². The Balaban J connectivity index is 2.21. The highest BCUT2D eigenvalue weighted by atomic mass is 79.9. The van der Waals surface area contributed by atoms with E-state index in [1.807, 2.05) is 6.92 Å². The van der Waals surface area contributed by atoms with Crippen molar-refractivity contribution in [1.82, 2.24) is 4.90 Å². The van der Waals surface area contributed by atoms with E-state index in [1.54, 1.807) is 18.2 Å². The van der Waals surface area contributed by atoms with Gasteiger partial charge in [0.25, 0.3) is 0 Å². The number of thioether (sulfide) groups is 1. The second-order valence-corrected chi connectivity index (χ2v) is 7.05. The van der Waals surface area contributed by atoms with Gasteiger partial charge < -0.3 is 10.4 Å². The first kappa shape index (κ1) is 16.5. The normalized spacial score (nSPS) is 21.4. The van der Waals surface area contributed by atoms with Crippen molar-refractivity contribution in [1.29, 1.82) is 0 Å². The number of carboxylic acid groups (broad SMARTS) is 1. The fourth-order valence-corrected chi connectivity index (χ4v) is 3.99. The summed E-state index contributed by atoms with van der Waals surface area (Å²) in [6, 6.07) is 3.84. The number of carboxylic acids is 1. The van der Waals surface area contributed by atoms with Crippen LogP contribution < -0.4 is 5.32 Å². The van der Waals surface area contributed by atoms with Gasteiger partial charge in [-0.05, 0) is 24.6 Å². The number of carbonyl (C=O) groups excluding carboxylic acids is 1. The lowest BCUT2D eigenvalue weighted by molar-refractivity contribution is -0.141. The van der Waals surface area contributed by atoms with Crippen molar-refractivity contribution in [3.8, 4) is 0 Å². The summed E-state index contributed by atoms with van der Waals surface area (Å²) in [5.41, 5.74) is 0.451. The van der Waals surface area contributed by atoms with Crippen LogP contribution in [0.4, 0.5) is 10.5 Å². The largest absolute Gasteiger partial charge is 0.480 e. The molecule has 0 bridgehead atoms. The molecule has 1 heterocycles. The van der Waals surface area contributed by atoms with E-state index in [0.29, 0.717) is 22.9 Å². The van der Waals surface area contributed by atoms with Gasteiger partial charge in [-0.3, -0.25) is 4.90 Å². The first-order valence-electron chi connectivity index (χ1n) is 6.32. The number of carbonyl (C=O) groups is 2. The topological polar surface area (TPSA) is 69.6 Å². The van der Waals surface area contributed by atoms with Crippen LogP contribution in [0.25, 0.3) is 0 Å². The minimum Gasteiger partial charge on any atom is -0.480 e. The molecule has 1 saturated heterocycles. The number of aliphatic carboxylic acids is 1. The van der Waals surface area contributed by atoms with Gasteiger partial charge in [-0.1, -0.05) is 34.5 Å². The number of halogens is 2. The van der Waals surface area contributed by atoms with Crippen molar-refractivity contribution in [2.24, 2.45) is 0 Å². The predicted octanol–water partition coefficient (Wildman–Crippen LogP) is 3.87. The molecule has 1 fully saturated rings. The van der Waals surface area contributed by atoms with Crippen LogP contribution in [-0.2, 0) is 4.79 Å². The molecule has 2 rings (SSSR count). The maximum atomic E-state index is 12.4. The Labute approximate surface area is 140 Å². The summed E-state index contributed by atoms with van der Waals surface area (Å²) in [5.74, 6) is -0.595. The van der Waals surface area contributed by atoms with Crippen molar-refractivity contribution in [2.45, 2.75) is 24.8 Å². The first-order chi connectivity index (χ1) is 9.93. The van der Waals surface area contributed by atoms with Gasteiger partial charge in [-0.25, -0.2) is 9.59 Å². The number of hydrogen-bond acceptors (Lipinski definition) is 3. The summed E-state index contributed by atoms with van der Waals surface area (Å²) in [6.07, 6.45) is 0.689. The van der Waals surface area contributed by atoms with Crippen molar-refractivity contribution in [3.05, 3.63) is 27.7 Å². The molecule has 114 valence electrons. The maximum Gasteiger partial charge on any atom is 0.327 e. The molecule has 2 N–H and O–H groups in total. The molecule has 0 spiro atoms. The van der Waals surface area contributed by atoms with Gasteiger partial charge in [0.05, 0.1) is 16.1 Å². The predicted molar refractivity (Wildman–Crippen MR) is 88.0 cm³/mol. The van der Waals surface area contributed by atoms with Gasteiger partial charge in [-0.15, -0.1) is 11.8 Å². The standard InChI is InChI=1S/C13H14BrClN2O3S/c1-2-11-17(10(6-21-11)12(18)19)13(20)16-9-5-7(14)3-4-8(9)15/h3-5,10-11H,2,6H2,1H3,(H,16,20)(H,18,19). The zero-order valence-electron chi connectivity index (χ0n) is 11.2. The third-order valence-electron chi connectivity index (χ3n) is 3.13. The number of nitrogens with zero attached hydrogens (tertiary/aromatic N) is 1. The maximum absolute atomic E-state index is 12.4. The molecule has 1 aromatic carbocycles. The monoisotopic (exact) mass is 392 g/mol. The molecule has 0 aliphatic carbocycles. The quantitative estimate of drug-likeness (QED) is 0.818. The lowest BCUT2D eigenvalue weighted by Crippen LogP contribution is -2.47. The van der Waals surface area contributed by atoms with Crippen LogP contribution in [0.3, 0.4) is 0 Å². The molecule has 0 aromatic heterocycles. The van der Waals surface area contributed by atoms with Crippen LogP contribution in [0, 0.1) is 0 Å². The summed E-state index contributed by atoms with van der Waals surface area (Å²) in [5, 5.41) is 12.2. The fourth-order valence-electron chi connectivity index (χ4n) is 2.11. The number of rotatable bonds is 3. The van der Waals surface area contributed by atoms with E-state index >= 15 is 0 Å². The lowest BCUT2D eigenvalue weighted by atomic mass is 10.2. The number of amides is 2. The summed E-state index contributed by atoms with van der Waals surface area (Å²) >= 11 is 10.8. The third kappa shape index (κ3) is 3.64. The molecule has 1 aliphatic rings. The number of anilines is 1. The Morgan fingerprint density at radius 3 is 2.90 bits per heavy atom. The van der Waals surface area contributed by atoms with E-state index in [-0.39, 0.29) is 5.37 Å². The first-order valence-corrected chi connectivity index (χ1v) is 8.54. The van der Waals surface area contributed by atoms with Crippen LogP contribution >= 0.6 is 39.3 Å². The van der Waals surface area contributed by atoms with Gasteiger partial charge in [0, 0.05) is 10.2 Å². The Bertz CT molecular complexity index is 572. The summed E-state index contributed by atoms with van der Waals surface area (Å²) in [4.78, 5) is 25.1. The Kier molecular flexibility index (Phi) is 5.40. The second-order valence-electron chi connectivity index (χ2n) is 4.51. The molecule has 0 saturated carbocycles. The van der Waals surface area contributed by atoms with E-state index in [1.165, 1.54) is 16.7 Å². The number of hydrogen-bond donors (Lipinski definition) is 2. The van der Waals surface area contributed by atoms with Gasteiger partial charge in [0.15, 0.2) is 0 Å². The summed E-state index contributed by atoms with van der Waals surface area (Å²) in [7, 11) is 0. The molecule has 2 amide bonds. The Morgan fingerprint density at radius 2 is 2.29 bits per heavy atom. The van der Waals surface area contributed by atoms with E-state index in [9.17, 15) is 14.7 Å². The number of nitrogens with one attached hydrogen (secondary N) is 1. The van der Waals surface area contributed by atoms with E-state index in [2.05, 4.69) is 21.2 Å². The zero-order chi connectivity index (χ0) is 15.6. The second kappa shape index (κ2) is 6.89. The molecule has 21 heavy (non-hydrogen) atoms. The highest BCUT2D eigenvalue weighted by molar-refractivity contribution is 9.10. The molecule has 1 aromatic rings. The number of urea groups is 1. The minimum atomic E-state index is -0.992. The summed E-state index contributed by atoms with van der Waals surface area (Å²) < 4.78 is 0.778. The minimum absolute atomic E-state index is 0.142. The molecule has 5 nitrogen and oxygen atoms in total. The molecule has 8 heteroatoms. The van der Waals surface area contributed by atoms with Crippen molar-refractivity contribution < 1.29 is 14.7 Å². The average molecular weight is 394 g/mol. The SMILES string of the molecule is CCC1SCC(C(=O)O)N1C(=O)Nc1cc(Br)ccc1Cl. The van der Waals surface area contributed by atoms with Gasteiger partial charge >= 0.3 is 12.0 Å². The summed E-state index contributed by atoms with van der Waals surface area (Å²) in [6.45, 7) is 1.92. The van der Waals surface area contributed by atoms with Crippen LogP contribution in [-0.4, -0.2) is 39.2 Å². The van der Waals surface area contributed by atoms with Gasteiger partial charge in [0.1, 0.15) is 6.04 Å². The van der Waals surface area contributed by atoms with Crippen molar-refractivity contribution in [3.63, 3.8) is 0 Å². The average Bonchev–Trinajstić information content (AvgIpc) is 2.87. The van der Waals surface area contributed by atoms with E-state index in [0.717, 1.165) is 4.47 Å². The molecule has 1 aliphatic heterocycles. The lowest BCUT2D eigenvalue weighted by Gasteiger charge is -2.27. The van der Waals surface area contributed by atoms with Crippen LogP contribution in [0.5, 0.6) is 0 Å². The van der Waals surface area contributed by atoms with Gasteiger partial charge in [-0.2, -0.15) is 0 Å². The smallest absolute Gasteiger partial charge is 0.327 e. The Morgan fingerprint density at radius 1 is 1.57 bits per heavy atom. The highest BCUT2D eigenvalue weighted by Crippen LogP contribution is 2.33. The van der Waals surface area contributed by atoms with Gasteiger partial charge in [0.2, 0.25) is 0 Å². The molecular weight excluding hydrogens is 380 g/mol. The van der Waals surface area contributed by atoms with Crippen LogP contribution in [0.2, 0.25) is 5.02 Å². The van der Waals surface area contributed by atoms with Crippen molar-refractivity contribution >= 4 is 57.0 Å². The van der Waals surface area contributed by atoms with E-state index < -0.39 is 18.0 Å². The molecule has 0 radical (unpaired) electrons. The number of benzene rings is 1. The Hall–Kier alpha value is -0.920. The fraction of sp³-hybridized carbons (Fsp3) is 0.385. The third-order valence-corrected chi connectivity index (χ3v) is 5.41. The molecular formula is C13H14BrClN2O3S.